The van der Waals surface area contributed by atoms with Gasteiger partial charge < -0.3 is 19.9 Å². The Morgan fingerprint density at radius 3 is 2.71 bits per heavy atom. The molecule has 1 heterocycles. The van der Waals surface area contributed by atoms with Crippen molar-refractivity contribution in [3.8, 4) is 0 Å². The highest BCUT2D eigenvalue weighted by Gasteiger charge is 2.14. The van der Waals surface area contributed by atoms with Crippen molar-refractivity contribution in [1.29, 1.82) is 0 Å². The van der Waals surface area contributed by atoms with Gasteiger partial charge in [-0.3, -0.25) is 0 Å². The third-order valence-electron chi connectivity index (χ3n) is 2.64. The Morgan fingerprint density at radius 1 is 1.35 bits per heavy atom. The summed E-state index contributed by atoms with van der Waals surface area (Å²) in [6.07, 6.45) is 0.582. The number of nitrogens with zero attached hydrogens (tertiary/aromatic N) is 1. The van der Waals surface area contributed by atoms with Crippen molar-refractivity contribution in [2.24, 2.45) is 0 Å². The van der Waals surface area contributed by atoms with Crippen molar-refractivity contribution >= 4 is 16.9 Å². The summed E-state index contributed by atoms with van der Waals surface area (Å²) < 4.78 is 1.64. The number of aromatic nitrogens is 1. The van der Waals surface area contributed by atoms with Gasteiger partial charge in [0.2, 0.25) is 0 Å². The monoisotopic (exact) mass is 235 g/mol. The molecule has 0 spiro atoms. The number of carbonyl (C=O) groups is 1. The zero-order chi connectivity index (χ0) is 12.4. The van der Waals surface area contributed by atoms with Gasteiger partial charge in [0.05, 0.1) is 24.8 Å². The number of para-hydroxylation sites is 1. The molecule has 1 unspecified atom stereocenters. The third-order valence-corrected chi connectivity index (χ3v) is 2.64. The van der Waals surface area contributed by atoms with E-state index in [-0.39, 0.29) is 18.7 Å². The first kappa shape index (κ1) is 11.6. The lowest BCUT2D eigenvalue weighted by atomic mass is 10.2. The fourth-order valence-corrected chi connectivity index (χ4v) is 1.85. The van der Waals surface area contributed by atoms with Crippen LogP contribution in [0.4, 0.5) is 0 Å². The van der Waals surface area contributed by atoms with E-state index in [1.165, 1.54) is 6.20 Å². The van der Waals surface area contributed by atoms with Crippen molar-refractivity contribution in [3.63, 3.8) is 0 Å². The normalized spacial score (nSPS) is 12.8. The maximum Gasteiger partial charge on any atom is 0.337 e. The van der Waals surface area contributed by atoms with Crippen LogP contribution in [-0.2, 0) is 6.54 Å². The zero-order valence-electron chi connectivity index (χ0n) is 9.08. The first-order valence-corrected chi connectivity index (χ1v) is 5.23. The lowest BCUT2D eigenvalue weighted by Crippen LogP contribution is -2.19. The molecule has 1 aromatic heterocycles. The summed E-state index contributed by atoms with van der Waals surface area (Å²) in [6, 6.07) is 7.07. The van der Waals surface area contributed by atoms with E-state index in [4.69, 9.17) is 10.2 Å². The van der Waals surface area contributed by atoms with Gasteiger partial charge in [-0.05, 0) is 6.07 Å². The fraction of sp³-hybridized carbons (Fsp3) is 0.250. The lowest BCUT2D eigenvalue weighted by Gasteiger charge is -2.09. The Balaban J connectivity index is 2.52. The molecule has 0 saturated carbocycles. The van der Waals surface area contributed by atoms with Gasteiger partial charge in [0.15, 0.2) is 0 Å². The van der Waals surface area contributed by atoms with Crippen LogP contribution in [0.1, 0.15) is 10.4 Å². The maximum atomic E-state index is 11.1. The predicted molar refractivity (Wildman–Crippen MR) is 62.0 cm³/mol. The number of fused-ring (bicyclic) bond motifs is 1. The molecule has 0 aliphatic rings. The maximum absolute atomic E-state index is 11.1. The standard InChI is InChI=1S/C12H13NO4/c14-7-8(15)5-13-6-10(12(16)17)9-3-1-2-4-11(9)13/h1-4,6,8,14-15H,5,7H2,(H,16,17). The molecule has 2 rings (SSSR count). The van der Waals surface area contributed by atoms with E-state index in [2.05, 4.69) is 0 Å². The molecule has 5 heteroatoms. The second-order valence-electron chi connectivity index (χ2n) is 3.85. The molecular formula is C12H13NO4. The summed E-state index contributed by atoms with van der Waals surface area (Å²) in [5.41, 5.74) is 0.933. The number of hydrogen-bond donors (Lipinski definition) is 3. The second kappa shape index (κ2) is 4.57. The van der Waals surface area contributed by atoms with Crippen LogP contribution < -0.4 is 0 Å². The molecule has 5 nitrogen and oxygen atoms in total. The van der Waals surface area contributed by atoms with Gasteiger partial charge in [-0.15, -0.1) is 0 Å². The van der Waals surface area contributed by atoms with Gasteiger partial charge in [-0.1, -0.05) is 18.2 Å². The zero-order valence-corrected chi connectivity index (χ0v) is 9.08. The quantitative estimate of drug-likeness (QED) is 0.728. The number of aliphatic hydroxyl groups excluding tert-OH is 2. The molecule has 1 aromatic carbocycles. The topological polar surface area (TPSA) is 82.7 Å². The molecule has 0 radical (unpaired) electrons. The highest BCUT2D eigenvalue weighted by Crippen LogP contribution is 2.21. The summed E-state index contributed by atoms with van der Waals surface area (Å²) in [7, 11) is 0. The molecule has 90 valence electrons. The average molecular weight is 235 g/mol. The number of carboxylic acid groups (broad SMARTS) is 1. The van der Waals surface area contributed by atoms with Gasteiger partial charge in [-0.25, -0.2) is 4.79 Å². The number of hydrogen-bond acceptors (Lipinski definition) is 3. The van der Waals surface area contributed by atoms with Crippen LogP contribution in [0.3, 0.4) is 0 Å². The molecule has 17 heavy (non-hydrogen) atoms. The van der Waals surface area contributed by atoms with Crippen LogP contribution in [0.15, 0.2) is 30.5 Å². The van der Waals surface area contributed by atoms with Gasteiger partial charge in [0.1, 0.15) is 0 Å². The summed E-state index contributed by atoms with van der Waals surface area (Å²) in [6.45, 7) is -0.181. The minimum Gasteiger partial charge on any atom is -0.478 e. The average Bonchev–Trinajstić information content (AvgIpc) is 2.68. The van der Waals surface area contributed by atoms with Crippen molar-refractivity contribution < 1.29 is 20.1 Å². The van der Waals surface area contributed by atoms with Gasteiger partial charge in [0, 0.05) is 17.1 Å². The van der Waals surface area contributed by atoms with E-state index in [0.29, 0.717) is 5.39 Å². The molecule has 1 atom stereocenters. The van der Waals surface area contributed by atoms with Crippen LogP contribution in [0, 0.1) is 0 Å². The van der Waals surface area contributed by atoms with E-state index in [0.717, 1.165) is 5.52 Å². The minimum absolute atomic E-state index is 0.171. The molecule has 3 N–H and O–H groups in total. The van der Waals surface area contributed by atoms with Crippen LogP contribution in [0.2, 0.25) is 0 Å². The highest BCUT2D eigenvalue weighted by molar-refractivity contribution is 6.03. The van der Waals surface area contributed by atoms with Crippen LogP contribution in [0.25, 0.3) is 10.9 Å². The highest BCUT2D eigenvalue weighted by atomic mass is 16.4. The van der Waals surface area contributed by atoms with E-state index >= 15 is 0 Å². The minimum atomic E-state index is -1.00. The summed E-state index contributed by atoms with van der Waals surface area (Å²) in [5, 5.41) is 27.9. The molecule has 0 aliphatic carbocycles. The molecule has 0 amide bonds. The largest absolute Gasteiger partial charge is 0.478 e. The molecule has 2 aromatic rings. The summed E-state index contributed by atoms with van der Waals surface area (Å²) in [4.78, 5) is 11.1. The van der Waals surface area contributed by atoms with Crippen molar-refractivity contribution in [3.05, 3.63) is 36.0 Å². The van der Waals surface area contributed by atoms with E-state index in [1.54, 1.807) is 28.8 Å². The Kier molecular flexibility index (Phi) is 3.12. The lowest BCUT2D eigenvalue weighted by molar-refractivity contribution is 0.0696. The molecular weight excluding hydrogens is 222 g/mol. The fourth-order valence-electron chi connectivity index (χ4n) is 1.85. The van der Waals surface area contributed by atoms with Gasteiger partial charge in [0.25, 0.3) is 0 Å². The Bertz CT molecular complexity index is 546. The van der Waals surface area contributed by atoms with Crippen LogP contribution in [0.5, 0.6) is 0 Å². The van der Waals surface area contributed by atoms with E-state index < -0.39 is 12.1 Å². The van der Waals surface area contributed by atoms with Crippen molar-refractivity contribution in [1.82, 2.24) is 4.57 Å². The first-order chi connectivity index (χ1) is 8.13. The Labute approximate surface area is 97.5 Å². The molecule has 0 bridgehead atoms. The first-order valence-electron chi connectivity index (χ1n) is 5.23. The van der Waals surface area contributed by atoms with Crippen LogP contribution >= 0.6 is 0 Å². The smallest absolute Gasteiger partial charge is 0.337 e. The van der Waals surface area contributed by atoms with Gasteiger partial charge >= 0.3 is 5.97 Å². The predicted octanol–water partition coefficient (Wildman–Crippen LogP) is 0.693. The molecule has 0 saturated heterocycles. The molecule has 0 aliphatic heterocycles. The number of carboxylic acids is 1. The number of aromatic carboxylic acids is 1. The van der Waals surface area contributed by atoms with Crippen molar-refractivity contribution in [2.75, 3.05) is 6.61 Å². The van der Waals surface area contributed by atoms with Gasteiger partial charge in [-0.2, -0.15) is 0 Å². The Hall–Kier alpha value is -1.85. The Morgan fingerprint density at radius 2 is 2.06 bits per heavy atom. The molecule has 0 fully saturated rings. The number of aliphatic hydroxyl groups is 2. The summed E-state index contributed by atoms with van der Waals surface area (Å²) in [5.74, 6) is -1.00. The SMILES string of the molecule is O=C(O)c1cn(CC(O)CO)c2ccccc12. The third kappa shape index (κ3) is 2.15. The van der Waals surface area contributed by atoms with Crippen molar-refractivity contribution in [2.45, 2.75) is 12.6 Å². The number of benzene rings is 1. The summed E-state index contributed by atoms with van der Waals surface area (Å²) >= 11 is 0. The van der Waals surface area contributed by atoms with Crippen LogP contribution in [-0.4, -0.2) is 38.6 Å². The van der Waals surface area contributed by atoms with E-state index in [1.807, 2.05) is 0 Å². The van der Waals surface area contributed by atoms with E-state index in [9.17, 15) is 9.90 Å². The second-order valence-corrected chi connectivity index (χ2v) is 3.85. The number of rotatable bonds is 4.